The lowest BCUT2D eigenvalue weighted by Crippen LogP contribution is -2.48. The Morgan fingerprint density at radius 1 is 1.12 bits per heavy atom. The van der Waals surface area contributed by atoms with Crippen molar-refractivity contribution in [2.45, 2.75) is 39.7 Å². The van der Waals surface area contributed by atoms with Crippen LogP contribution in [0.3, 0.4) is 0 Å². The van der Waals surface area contributed by atoms with E-state index in [4.69, 9.17) is 0 Å². The van der Waals surface area contributed by atoms with Crippen molar-refractivity contribution in [3.63, 3.8) is 0 Å². The molecular formula is C13H23N3S. The van der Waals surface area contributed by atoms with Crippen LogP contribution in [0.25, 0.3) is 0 Å². The number of anilines is 1. The molecule has 1 fully saturated rings. The number of hydrogen-bond donors (Lipinski definition) is 0. The second kappa shape index (κ2) is 5.36. The van der Waals surface area contributed by atoms with Gasteiger partial charge in [0.15, 0.2) is 5.13 Å². The quantitative estimate of drug-likeness (QED) is 0.826. The summed E-state index contributed by atoms with van der Waals surface area (Å²) in [5.74, 6) is 0.596. The Hall–Kier alpha value is -0.610. The summed E-state index contributed by atoms with van der Waals surface area (Å²) in [4.78, 5) is 10.9. The molecule has 3 nitrogen and oxygen atoms in total. The molecule has 96 valence electrons. The number of piperazine rings is 1. The molecule has 1 aliphatic rings. The van der Waals surface area contributed by atoms with Crippen LogP contribution in [-0.4, -0.2) is 42.1 Å². The Balaban J connectivity index is 1.96. The minimum Gasteiger partial charge on any atom is -0.346 e. The first-order valence-corrected chi connectivity index (χ1v) is 7.34. The van der Waals surface area contributed by atoms with E-state index in [0.717, 1.165) is 26.2 Å². The van der Waals surface area contributed by atoms with Gasteiger partial charge in [0, 0.05) is 43.3 Å². The van der Waals surface area contributed by atoms with Crippen LogP contribution in [0.4, 0.5) is 5.13 Å². The lowest BCUT2D eigenvalue weighted by Gasteiger charge is -2.36. The summed E-state index contributed by atoms with van der Waals surface area (Å²) in [6.07, 6.45) is 2.04. The monoisotopic (exact) mass is 253 g/mol. The van der Waals surface area contributed by atoms with Crippen LogP contribution in [0, 0.1) is 0 Å². The molecule has 2 heterocycles. The number of aromatic nitrogens is 1. The van der Waals surface area contributed by atoms with E-state index in [1.165, 1.54) is 10.0 Å². The summed E-state index contributed by atoms with van der Waals surface area (Å²) in [5, 5.41) is 1.21. The van der Waals surface area contributed by atoms with Gasteiger partial charge in [0.1, 0.15) is 0 Å². The van der Waals surface area contributed by atoms with E-state index in [2.05, 4.69) is 42.5 Å². The molecule has 0 aliphatic carbocycles. The summed E-state index contributed by atoms with van der Waals surface area (Å²) >= 11 is 1.85. The van der Waals surface area contributed by atoms with Gasteiger partial charge >= 0.3 is 0 Å². The predicted molar refractivity (Wildman–Crippen MR) is 75.1 cm³/mol. The Morgan fingerprint density at radius 3 is 2.24 bits per heavy atom. The zero-order chi connectivity index (χ0) is 12.4. The van der Waals surface area contributed by atoms with Crippen LogP contribution in [0.5, 0.6) is 0 Å². The van der Waals surface area contributed by atoms with Gasteiger partial charge < -0.3 is 4.90 Å². The molecule has 0 atom stereocenters. The van der Waals surface area contributed by atoms with Crippen molar-refractivity contribution in [3.05, 3.63) is 11.1 Å². The molecule has 1 aromatic heterocycles. The Kier molecular flexibility index (Phi) is 4.05. The molecule has 1 aliphatic heterocycles. The molecular weight excluding hydrogens is 230 g/mol. The zero-order valence-electron chi connectivity index (χ0n) is 11.3. The summed E-state index contributed by atoms with van der Waals surface area (Å²) in [7, 11) is 0. The van der Waals surface area contributed by atoms with Gasteiger partial charge in [-0.25, -0.2) is 4.98 Å². The van der Waals surface area contributed by atoms with Crippen molar-refractivity contribution in [2.24, 2.45) is 0 Å². The highest BCUT2D eigenvalue weighted by Gasteiger charge is 2.21. The number of rotatable bonds is 3. The average molecular weight is 253 g/mol. The summed E-state index contributed by atoms with van der Waals surface area (Å²) < 4.78 is 0. The van der Waals surface area contributed by atoms with Crippen LogP contribution in [-0.2, 0) is 0 Å². The Labute approximate surface area is 108 Å². The Bertz CT molecular complexity index is 351. The fourth-order valence-corrected chi connectivity index (χ4v) is 3.09. The van der Waals surface area contributed by atoms with Gasteiger partial charge in [-0.15, -0.1) is 11.3 Å². The summed E-state index contributed by atoms with van der Waals surface area (Å²) in [6.45, 7) is 13.6. The van der Waals surface area contributed by atoms with Crippen molar-refractivity contribution >= 4 is 16.5 Å². The predicted octanol–water partition coefficient (Wildman–Crippen LogP) is 2.80. The first-order valence-electron chi connectivity index (χ1n) is 6.52. The van der Waals surface area contributed by atoms with E-state index in [1.807, 2.05) is 17.5 Å². The zero-order valence-corrected chi connectivity index (χ0v) is 12.1. The fourth-order valence-electron chi connectivity index (χ4n) is 2.12. The van der Waals surface area contributed by atoms with Crippen LogP contribution < -0.4 is 4.90 Å². The first kappa shape index (κ1) is 12.8. The van der Waals surface area contributed by atoms with Crippen LogP contribution in [0.15, 0.2) is 6.20 Å². The number of thiazole rings is 1. The molecule has 17 heavy (non-hydrogen) atoms. The molecule has 0 aromatic carbocycles. The second-order valence-electron chi connectivity index (χ2n) is 5.32. The molecule has 0 spiro atoms. The minimum absolute atomic E-state index is 0.596. The summed E-state index contributed by atoms with van der Waals surface area (Å²) in [6, 6.07) is 0.666. The molecule has 0 bridgehead atoms. The van der Waals surface area contributed by atoms with Gasteiger partial charge in [-0.1, -0.05) is 13.8 Å². The van der Waals surface area contributed by atoms with Gasteiger partial charge in [-0.2, -0.15) is 0 Å². The highest BCUT2D eigenvalue weighted by atomic mass is 32.1. The molecule has 2 rings (SSSR count). The maximum atomic E-state index is 4.56. The third kappa shape index (κ3) is 2.99. The maximum absolute atomic E-state index is 4.56. The molecule has 0 N–H and O–H groups in total. The largest absolute Gasteiger partial charge is 0.346 e. The van der Waals surface area contributed by atoms with Crippen LogP contribution in [0.1, 0.15) is 38.5 Å². The van der Waals surface area contributed by atoms with Gasteiger partial charge in [-0.3, -0.25) is 4.90 Å². The standard InChI is InChI=1S/C13H23N3S/c1-10(2)12-9-14-13(17-12)16-7-5-15(6-8-16)11(3)4/h9-11H,5-8H2,1-4H3. The average Bonchev–Trinajstić information content (AvgIpc) is 2.78. The molecule has 0 saturated carbocycles. The highest BCUT2D eigenvalue weighted by molar-refractivity contribution is 7.15. The number of hydrogen-bond acceptors (Lipinski definition) is 4. The molecule has 1 saturated heterocycles. The lowest BCUT2D eigenvalue weighted by molar-refractivity contribution is 0.209. The third-order valence-electron chi connectivity index (χ3n) is 3.40. The van der Waals surface area contributed by atoms with Crippen molar-refractivity contribution in [1.29, 1.82) is 0 Å². The van der Waals surface area contributed by atoms with Crippen LogP contribution in [0.2, 0.25) is 0 Å². The molecule has 0 radical (unpaired) electrons. The first-order chi connectivity index (χ1) is 8.08. The van der Waals surface area contributed by atoms with E-state index >= 15 is 0 Å². The van der Waals surface area contributed by atoms with E-state index in [9.17, 15) is 0 Å². The number of nitrogens with zero attached hydrogens (tertiary/aromatic N) is 3. The van der Waals surface area contributed by atoms with Gasteiger partial charge in [0.2, 0.25) is 0 Å². The van der Waals surface area contributed by atoms with Crippen molar-refractivity contribution in [2.75, 3.05) is 31.1 Å². The van der Waals surface area contributed by atoms with Crippen LogP contribution >= 0.6 is 11.3 Å². The van der Waals surface area contributed by atoms with E-state index in [0.29, 0.717) is 12.0 Å². The molecule has 0 unspecified atom stereocenters. The maximum Gasteiger partial charge on any atom is 0.185 e. The Morgan fingerprint density at radius 2 is 1.76 bits per heavy atom. The van der Waals surface area contributed by atoms with E-state index < -0.39 is 0 Å². The molecule has 4 heteroatoms. The lowest BCUT2D eigenvalue weighted by atomic mass is 10.2. The second-order valence-corrected chi connectivity index (χ2v) is 6.36. The molecule has 0 amide bonds. The van der Waals surface area contributed by atoms with Crippen molar-refractivity contribution in [1.82, 2.24) is 9.88 Å². The van der Waals surface area contributed by atoms with Gasteiger partial charge in [-0.05, 0) is 19.8 Å². The third-order valence-corrected chi connectivity index (χ3v) is 4.75. The highest BCUT2D eigenvalue weighted by Crippen LogP contribution is 2.28. The van der Waals surface area contributed by atoms with E-state index in [-0.39, 0.29) is 0 Å². The topological polar surface area (TPSA) is 19.4 Å². The van der Waals surface area contributed by atoms with Crippen molar-refractivity contribution in [3.8, 4) is 0 Å². The SMILES string of the molecule is CC(C)c1cnc(N2CCN(C(C)C)CC2)s1. The minimum atomic E-state index is 0.596. The van der Waals surface area contributed by atoms with E-state index in [1.54, 1.807) is 0 Å². The molecule has 1 aromatic rings. The van der Waals surface area contributed by atoms with Gasteiger partial charge in [0.05, 0.1) is 0 Å². The normalized spacial score (nSPS) is 18.4. The summed E-state index contributed by atoms with van der Waals surface area (Å²) in [5.41, 5.74) is 0. The van der Waals surface area contributed by atoms with Gasteiger partial charge in [0.25, 0.3) is 0 Å². The smallest absolute Gasteiger partial charge is 0.185 e. The fraction of sp³-hybridized carbons (Fsp3) is 0.769. The van der Waals surface area contributed by atoms with Crippen molar-refractivity contribution < 1.29 is 0 Å².